The zero-order valence-electron chi connectivity index (χ0n) is 7.69. The fourth-order valence-corrected chi connectivity index (χ4v) is 2.02. The molecule has 3 nitrogen and oxygen atoms in total. The van der Waals surface area contributed by atoms with Gasteiger partial charge in [-0.05, 0) is 19.8 Å². The summed E-state index contributed by atoms with van der Waals surface area (Å²) in [4.78, 5) is 12.2. The normalized spacial score (nSPS) is 31.0. The average Bonchev–Trinajstić information content (AvgIpc) is 2.76. The molecule has 80 valence electrons. The Labute approximate surface area is 79.3 Å². The maximum atomic E-state index is 12.7. The second kappa shape index (κ2) is 2.62. The molecule has 0 bridgehead atoms. The van der Waals surface area contributed by atoms with E-state index in [0.29, 0.717) is 0 Å². The molecule has 2 rings (SSSR count). The molecular weight excluding hydrogens is 197 g/mol. The molecule has 2 fully saturated rings. The smallest absolute Gasteiger partial charge is 0.312 e. The lowest BCUT2D eigenvalue weighted by atomic mass is 10.2. The van der Waals surface area contributed by atoms with E-state index in [2.05, 4.69) is 5.32 Å². The number of hydrogen-bond acceptors (Lipinski definition) is 2. The molecule has 1 unspecified atom stereocenters. The maximum Gasteiger partial charge on any atom is 0.411 e. The van der Waals surface area contributed by atoms with Gasteiger partial charge in [0.25, 0.3) is 0 Å². The molecule has 2 aliphatic rings. The van der Waals surface area contributed by atoms with Gasteiger partial charge in [-0.2, -0.15) is 13.2 Å². The molecule has 1 aliphatic heterocycles. The highest BCUT2D eigenvalue weighted by Gasteiger charge is 2.69. The summed E-state index contributed by atoms with van der Waals surface area (Å²) in [7, 11) is 0. The Balaban J connectivity index is 2.26. The third-order valence-electron chi connectivity index (χ3n) is 2.92. The van der Waals surface area contributed by atoms with Crippen molar-refractivity contribution in [2.45, 2.75) is 37.6 Å². The molecule has 1 aliphatic carbocycles. The number of rotatable bonds is 1. The Morgan fingerprint density at radius 1 is 1.50 bits per heavy atom. The van der Waals surface area contributed by atoms with Crippen molar-refractivity contribution in [3.05, 3.63) is 0 Å². The van der Waals surface area contributed by atoms with Crippen LogP contribution in [0.2, 0.25) is 0 Å². The highest BCUT2D eigenvalue weighted by Crippen LogP contribution is 2.54. The Kier molecular flexibility index (Phi) is 1.83. The molecule has 1 saturated heterocycles. The monoisotopic (exact) mass is 208 g/mol. The van der Waals surface area contributed by atoms with E-state index in [9.17, 15) is 18.0 Å². The van der Waals surface area contributed by atoms with Gasteiger partial charge in [-0.15, -0.1) is 0 Å². The SMILES string of the molecule is CC1NCC(=O)N1C1(C(F)(F)F)CC1. The van der Waals surface area contributed by atoms with E-state index < -0.39 is 23.8 Å². The number of nitrogens with one attached hydrogen (secondary N) is 1. The summed E-state index contributed by atoms with van der Waals surface area (Å²) >= 11 is 0. The van der Waals surface area contributed by atoms with Gasteiger partial charge in [0.15, 0.2) is 0 Å². The molecular formula is C8H11F3N2O. The predicted molar refractivity (Wildman–Crippen MR) is 42.3 cm³/mol. The van der Waals surface area contributed by atoms with Gasteiger partial charge < -0.3 is 4.90 Å². The van der Waals surface area contributed by atoms with E-state index >= 15 is 0 Å². The van der Waals surface area contributed by atoms with Crippen molar-refractivity contribution in [3.63, 3.8) is 0 Å². The van der Waals surface area contributed by atoms with Crippen molar-refractivity contribution in [1.82, 2.24) is 10.2 Å². The van der Waals surface area contributed by atoms with Gasteiger partial charge in [0.05, 0.1) is 12.7 Å². The summed E-state index contributed by atoms with van der Waals surface area (Å²) in [6.45, 7) is 1.59. The summed E-state index contributed by atoms with van der Waals surface area (Å²) in [5.41, 5.74) is -1.87. The minimum atomic E-state index is -4.30. The van der Waals surface area contributed by atoms with Crippen LogP contribution in [-0.2, 0) is 4.79 Å². The van der Waals surface area contributed by atoms with E-state index in [1.165, 1.54) is 0 Å². The summed E-state index contributed by atoms with van der Waals surface area (Å²) < 4.78 is 38.0. The molecule has 1 amide bonds. The van der Waals surface area contributed by atoms with Crippen LogP contribution in [0, 0.1) is 0 Å². The second-order valence-electron chi connectivity index (χ2n) is 3.85. The van der Waals surface area contributed by atoms with Crippen LogP contribution in [0.5, 0.6) is 0 Å². The first-order valence-electron chi connectivity index (χ1n) is 4.51. The molecule has 6 heteroatoms. The highest BCUT2D eigenvalue weighted by molar-refractivity contribution is 5.82. The van der Waals surface area contributed by atoms with E-state index in [0.717, 1.165) is 4.90 Å². The van der Waals surface area contributed by atoms with Crippen LogP contribution in [0.3, 0.4) is 0 Å². The largest absolute Gasteiger partial charge is 0.411 e. The molecule has 14 heavy (non-hydrogen) atoms. The minimum absolute atomic E-state index is 0.0129. The zero-order chi connectivity index (χ0) is 10.6. The van der Waals surface area contributed by atoms with Crippen LogP contribution in [-0.4, -0.2) is 35.2 Å². The van der Waals surface area contributed by atoms with Crippen molar-refractivity contribution >= 4 is 5.91 Å². The molecule has 0 spiro atoms. The molecule has 1 saturated carbocycles. The minimum Gasteiger partial charge on any atom is -0.312 e. The third-order valence-corrected chi connectivity index (χ3v) is 2.92. The van der Waals surface area contributed by atoms with Crippen LogP contribution in [0.15, 0.2) is 0 Å². The summed E-state index contributed by atoms with van der Waals surface area (Å²) in [6, 6.07) is 0. The zero-order valence-corrected chi connectivity index (χ0v) is 7.69. The van der Waals surface area contributed by atoms with Gasteiger partial charge in [-0.3, -0.25) is 10.1 Å². The van der Waals surface area contributed by atoms with Crippen LogP contribution < -0.4 is 5.32 Å². The van der Waals surface area contributed by atoms with Gasteiger partial charge in [0.1, 0.15) is 5.54 Å². The first kappa shape index (κ1) is 9.76. The number of amides is 1. The standard InChI is InChI=1S/C8H11F3N2O/c1-5-12-4-6(14)13(5)7(2-3-7)8(9,10)11/h5,12H,2-4H2,1H3. The Bertz CT molecular complexity index is 272. The number of carbonyl (C=O) groups is 1. The fourth-order valence-electron chi connectivity index (χ4n) is 2.02. The fraction of sp³-hybridized carbons (Fsp3) is 0.875. The van der Waals surface area contributed by atoms with Gasteiger partial charge in [0.2, 0.25) is 5.91 Å². The first-order valence-corrected chi connectivity index (χ1v) is 4.51. The second-order valence-corrected chi connectivity index (χ2v) is 3.85. The lowest BCUT2D eigenvalue weighted by Crippen LogP contribution is -2.52. The molecule has 0 aromatic carbocycles. The summed E-state index contributed by atoms with van der Waals surface area (Å²) in [5, 5.41) is 2.71. The topological polar surface area (TPSA) is 32.3 Å². The van der Waals surface area contributed by atoms with Gasteiger partial charge in [-0.1, -0.05) is 0 Å². The van der Waals surface area contributed by atoms with Crippen molar-refractivity contribution in [1.29, 1.82) is 0 Å². The first-order chi connectivity index (χ1) is 6.38. The predicted octanol–water partition coefficient (Wildman–Crippen LogP) is 0.859. The van der Waals surface area contributed by atoms with Crippen molar-refractivity contribution in [2.24, 2.45) is 0 Å². The number of hydrogen-bond donors (Lipinski definition) is 1. The Morgan fingerprint density at radius 3 is 2.36 bits per heavy atom. The van der Waals surface area contributed by atoms with Crippen molar-refractivity contribution in [3.8, 4) is 0 Å². The van der Waals surface area contributed by atoms with E-state index in [4.69, 9.17) is 0 Å². The number of nitrogens with zero attached hydrogens (tertiary/aromatic N) is 1. The van der Waals surface area contributed by atoms with Gasteiger partial charge in [0, 0.05) is 0 Å². The molecule has 1 heterocycles. The van der Waals surface area contributed by atoms with Gasteiger partial charge >= 0.3 is 6.18 Å². The average molecular weight is 208 g/mol. The molecule has 1 N–H and O–H groups in total. The molecule has 0 aromatic rings. The lowest BCUT2D eigenvalue weighted by molar-refractivity contribution is -0.201. The lowest BCUT2D eigenvalue weighted by Gasteiger charge is -2.32. The van der Waals surface area contributed by atoms with Crippen molar-refractivity contribution in [2.75, 3.05) is 6.54 Å². The Morgan fingerprint density at radius 2 is 2.07 bits per heavy atom. The van der Waals surface area contributed by atoms with E-state index in [1.807, 2.05) is 0 Å². The summed E-state index contributed by atoms with van der Waals surface area (Å²) in [5.74, 6) is -0.452. The molecule has 1 atom stereocenters. The quantitative estimate of drug-likeness (QED) is 0.693. The highest BCUT2D eigenvalue weighted by atomic mass is 19.4. The van der Waals surface area contributed by atoms with E-state index in [1.54, 1.807) is 6.92 Å². The van der Waals surface area contributed by atoms with Crippen LogP contribution >= 0.6 is 0 Å². The van der Waals surface area contributed by atoms with Gasteiger partial charge in [-0.25, -0.2) is 0 Å². The molecule has 0 radical (unpaired) electrons. The van der Waals surface area contributed by atoms with Crippen molar-refractivity contribution < 1.29 is 18.0 Å². The summed E-state index contributed by atoms with van der Waals surface area (Å²) in [6.07, 6.45) is -4.74. The maximum absolute atomic E-state index is 12.7. The van der Waals surface area contributed by atoms with Crippen LogP contribution in [0.1, 0.15) is 19.8 Å². The molecule has 0 aromatic heterocycles. The van der Waals surface area contributed by atoms with Crippen LogP contribution in [0.25, 0.3) is 0 Å². The third kappa shape index (κ3) is 1.13. The van der Waals surface area contributed by atoms with E-state index in [-0.39, 0.29) is 19.4 Å². The van der Waals surface area contributed by atoms with Crippen LogP contribution in [0.4, 0.5) is 13.2 Å². The number of halogens is 3. The number of carbonyl (C=O) groups excluding carboxylic acids is 1. The Hall–Kier alpha value is -0.780. The number of alkyl halides is 3.